The van der Waals surface area contributed by atoms with Gasteiger partial charge >= 0.3 is 0 Å². The molecule has 1 saturated carbocycles. The van der Waals surface area contributed by atoms with Crippen LogP contribution in [0.5, 0.6) is 0 Å². The van der Waals surface area contributed by atoms with E-state index in [2.05, 4.69) is 17.1 Å². The molecule has 1 aromatic carbocycles. The van der Waals surface area contributed by atoms with E-state index >= 15 is 0 Å². The summed E-state index contributed by atoms with van der Waals surface area (Å²) in [6, 6.07) is 5.46. The highest BCUT2D eigenvalue weighted by Crippen LogP contribution is 2.29. The van der Waals surface area contributed by atoms with Gasteiger partial charge in [0, 0.05) is 18.6 Å². The molecule has 0 radical (unpaired) electrons. The largest absolute Gasteiger partial charge is 0.352 e. The molecule has 22 heavy (non-hydrogen) atoms. The molecule has 1 heterocycles. The van der Waals surface area contributed by atoms with Crippen LogP contribution in [0.2, 0.25) is 0 Å². The van der Waals surface area contributed by atoms with Gasteiger partial charge in [-0.15, -0.1) is 0 Å². The lowest BCUT2D eigenvalue weighted by atomic mass is 9.93. The van der Waals surface area contributed by atoms with Crippen molar-refractivity contribution in [3.05, 3.63) is 35.1 Å². The third-order valence-corrected chi connectivity index (χ3v) is 5.09. The lowest BCUT2D eigenvalue weighted by Gasteiger charge is -2.35. The van der Waals surface area contributed by atoms with Gasteiger partial charge in [0.1, 0.15) is 5.82 Å². The van der Waals surface area contributed by atoms with E-state index in [1.54, 1.807) is 6.07 Å². The Balaban J connectivity index is 1.60. The fourth-order valence-electron chi connectivity index (χ4n) is 3.76. The van der Waals surface area contributed by atoms with Crippen LogP contribution >= 0.6 is 0 Å². The Morgan fingerprint density at radius 2 is 2.09 bits per heavy atom. The van der Waals surface area contributed by atoms with Crippen molar-refractivity contribution in [2.24, 2.45) is 0 Å². The second kappa shape index (κ2) is 6.78. The van der Waals surface area contributed by atoms with Gasteiger partial charge in [-0.3, -0.25) is 9.69 Å². The molecule has 3 nitrogen and oxygen atoms in total. The molecule has 0 aromatic heterocycles. The van der Waals surface area contributed by atoms with Gasteiger partial charge in [-0.2, -0.15) is 0 Å². The maximum Gasteiger partial charge on any atom is 0.234 e. The average Bonchev–Trinajstić information content (AvgIpc) is 2.51. The predicted octanol–water partition coefficient (Wildman–Crippen LogP) is 3.19. The van der Waals surface area contributed by atoms with Crippen LogP contribution in [0, 0.1) is 5.82 Å². The Hall–Kier alpha value is -1.42. The van der Waals surface area contributed by atoms with Crippen LogP contribution in [-0.4, -0.2) is 29.9 Å². The minimum atomic E-state index is -0.195. The van der Waals surface area contributed by atoms with Gasteiger partial charge < -0.3 is 5.32 Å². The van der Waals surface area contributed by atoms with E-state index in [0.717, 1.165) is 31.4 Å². The Labute approximate surface area is 131 Å². The number of amides is 1. The molecule has 1 aromatic rings. The number of rotatable bonds is 3. The third kappa shape index (κ3) is 3.49. The number of halogens is 1. The summed E-state index contributed by atoms with van der Waals surface area (Å²) in [5.41, 5.74) is 2.23. The van der Waals surface area contributed by atoms with Crippen molar-refractivity contribution >= 4 is 5.91 Å². The molecule has 0 spiro atoms. The van der Waals surface area contributed by atoms with Gasteiger partial charge in [0.25, 0.3) is 0 Å². The van der Waals surface area contributed by atoms with Crippen molar-refractivity contribution in [2.75, 3.05) is 13.1 Å². The lowest BCUT2D eigenvalue weighted by Crippen LogP contribution is -2.45. The summed E-state index contributed by atoms with van der Waals surface area (Å²) in [7, 11) is 0. The van der Waals surface area contributed by atoms with Crippen molar-refractivity contribution < 1.29 is 9.18 Å². The summed E-state index contributed by atoms with van der Waals surface area (Å²) in [5, 5.41) is 3.17. The van der Waals surface area contributed by atoms with Gasteiger partial charge in [0.05, 0.1) is 6.54 Å². The first-order valence-electron chi connectivity index (χ1n) is 8.45. The summed E-state index contributed by atoms with van der Waals surface area (Å²) in [5.74, 6) is -0.0855. The maximum atomic E-state index is 13.5. The van der Waals surface area contributed by atoms with Crippen LogP contribution in [-0.2, 0) is 11.2 Å². The van der Waals surface area contributed by atoms with Gasteiger partial charge in [0.15, 0.2) is 0 Å². The third-order valence-electron chi connectivity index (χ3n) is 5.09. The van der Waals surface area contributed by atoms with Crippen LogP contribution in [0.25, 0.3) is 0 Å². The molecule has 0 bridgehead atoms. The normalized spacial score (nSPS) is 23.1. The molecule has 1 unspecified atom stereocenters. The predicted molar refractivity (Wildman–Crippen MR) is 85.1 cm³/mol. The minimum absolute atomic E-state index is 0.0940. The molecule has 1 atom stereocenters. The summed E-state index contributed by atoms with van der Waals surface area (Å²) < 4.78 is 13.5. The quantitative estimate of drug-likeness (QED) is 0.930. The molecule has 1 fully saturated rings. The zero-order valence-corrected chi connectivity index (χ0v) is 13.3. The summed E-state index contributed by atoms with van der Waals surface area (Å²) in [6.45, 7) is 3.33. The van der Waals surface area contributed by atoms with E-state index in [0.29, 0.717) is 12.6 Å². The van der Waals surface area contributed by atoms with Gasteiger partial charge in [-0.25, -0.2) is 4.39 Å². The van der Waals surface area contributed by atoms with E-state index in [9.17, 15) is 9.18 Å². The average molecular weight is 304 g/mol. The molecule has 120 valence electrons. The number of carbonyl (C=O) groups is 1. The van der Waals surface area contributed by atoms with E-state index in [-0.39, 0.29) is 17.8 Å². The number of nitrogens with zero attached hydrogens (tertiary/aromatic N) is 1. The van der Waals surface area contributed by atoms with Crippen LogP contribution in [0.15, 0.2) is 18.2 Å². The zero-order chi connectivity index (χ0) is 15.5. The van der Waals surface area contributed by atoms with Crippen LogP contribution < -0.4 is 5.32 Å². The molecular formula is C18H25FN2O. The molecule has 1 amide bonds. The highest BCUT2D eigenvalue weighted by Gasteiger charge is 2.26. The molecule has 2 aliphatic rings. The molecule has 3 rings (SSSR count). The summed E-state index contributed by atoms with van der Waals surface area (Å²) >= 11 is 0. The second-order valence-electron chi connectivity index (χ2n) is 6.64. The minimum Gasteiger partial charge on any atom is -0.352 e. The van der Waals surface area contributed by atoms with Gasteiger partial charge in [0.2, 0.25) is 5.91 Å². The standard InChI is InChI=1S/C18H25FN2O/c1-13-17-11-15(19)8-7-14(17)9-10-21(13)12-18(22)20-16-5-3-2-4-6-16/h7-8,11,13,16H,2-6,9-10,12H2,1H3,(H,20,22). The molecule has 1 aliphatic carbocycles. The number of benzene rings is 1. The van der Waals surface area contributed by atoms with Crippen molar-refractivity contribution in [3.8, 4) is 0 Å². The van der Waals surface area contributed by atoms with Crippen LogP contribution in [0.1, 0.15) is 56.2 Å². The Morgan fingerprint density at radius 1 is 1.32 bits per heavy atom. The number of nitrogens with one attached hydrogen (secondary N) is 1. The number of hydrogen-bond donors (Lipinski definition) is 1. The molecule has 1 aliphatic heterocycles. The van der Waals surface area contributed by atoms with Crippen LogP contribution in [0.3, 0.4) is 0 Å². The molecule has 1 N–H and O–H groups in total. The smallest absolute Gasteiger partial charge is 0.234 e. The number of carbonyl (C=O) groups excluding carboxylic acids is 1. The highest BCUT2D eigenvalue weighted by molar-refractivity contribution is 5.78. The topological polar surface area (TPSA) is 32.3 Å². The van der Waals surface area contributed by atoms with Crippen LogP contribution in [0.4, 0.5) is 4.39 Å². The molecule has 0 saturated heterocycles. The fourth-order valence-corrected chi connectivity index (χ4v) is 3.76. The first-order chi connectivity index (χ1) is 10.6. The fraction of sp³-hybridized carbons (Fsp3) is 0.611. The van der Waals surface area contributed by atoms with Gasteiger partial charge in [-0.1, -0.05) is 25.3 Å². The second-order valence-corrected chi connectivity index (χ2v) is 6.64. The summed E-state index contributed by atoms with van der Waals surface area (Å²) in [6.07, 6.45) is 6.83. The van der Waals surface area contributed by atoms with E-state index in [4.69, 9.17) is 0 Å². The van der Waals surface area contributed by atoms with Gasteiger partial charge in [-0.05, 0) is 49.4 Å². The van der Waals surface area contributed by atoms with Crippen molar-refractivity contribution in [3.63, 3.8) is 0 Å². The lowest BCUT2D eigenvalue weighted by molar-refractivity contribution is -0.123. The first kappa shape index (κ1) is 15.5. The zero-order valence-electron chi connectivity index (χ0n) is 13.3. The van der Waals surface area contributed by atoms with E-state index in [1.807, 2.05) is 6.07 Å². The maximum absolute atomic E-state index is 13.5. The Kier molecular flexibility index (Phi) is 4.77. The van der Waals surface area contributed by atoms with Crippen molar-refractivity contribution in [1.82, 2.24) is 10.2 Å². The highest BCUT2D eigenvalue weighted by atomic mass is 19.1. The Bertz CT molecular complexity index is 540. The van der Waals surface area contributed by atoms with Crippen molar-refractivity contribution in [1.29, 1.82) is 0 Å². The summed E-state index contributed by atoms with van der Waals surface area (Å²) in [4.78, 5) is 14.4. The monoisotopic (exact) mass is 304 g/mol. The van der Waals surface area contributed by atoms with E-state index < -0.39 is 0 Å². The van der Waals surface area contributed by atoms with Crippen molar-refractivity contribution in [2.45, 2.75) is 57.5 Å². The number of fused-ring (bicyclic) bond motifs is 1. The van der Waals surface area contributed by atoms with E-state index in [1.165, 1.54) is 30.9 Å². The molecule has 4 heteroatoms. The first-order valence-corrected chi connectivity index (χ1v) is 8.45. The Morgan fingerprint density at radius 3 is 2.86 bits per heavy atom. The number of hydrogen-bond acceptors (Lipinski definition) is 2. The SMILES string of the molecule is CC1c2cc(F)ccc2CCN1CC(=O)NC1CCCCC1. The molecular weight excluding hydrogens is 279 g/mol.